The number of benzene rings is 2. The van der Waals surface area contributed by atoms with Crippen molar-refractivity contribution < 1.29 is 57.8 Å². The van der Waals surface area contributed by atoms with Crippen molar-refractivity contribution in [3.8, 4) is 5.75 Å². The van der Waals surface area contributed by atoms with Gasteiger partial charge in [0.15, 0.2) is 5.96 Å². The van der Waals surface area contributed by atoms with Gasteiger partial charge in [-0.2, -0.15) is 0 Å². The summed E-state index contributed by atoms with van der Waals surface area (Å²) < 4.78 is 0. The third kappa shape index (κ3) is 21.7. The normalized spacial score (nSPS) is 20.1. The fourth-order valence-electron chi connectivity index (χ4n) is 6.92. The van der Waals surface area contributed by atoms with Crippen LogP contribution in [0, 0.1) is 0 Å². The molecule has 1 heterocycles. The Labute approximate surface area is 428 Å². The van der Waals surface area contributed by atoms with Gasteiger partial charge in [-0.05, 0) is 49.4 Å². The lowest BCUT2D eigenvalue weighted by molar-refractivity contribution is -0.142. The van der Waals surface area contributed by atoms with Crippen molar-refractivity contribution in [2.24, 2.45) is 33.7 Å². The number of rotatable bonds is 20. The first-order valence-corrected chi connectivity index (χ1v) is 25.3. The summed E-state index contributed by atoms with van der Waals surface area (Å²) in [5.41, 5.74) is 28.0. The number of amides is 11. The zero-order valence-corrected chi connectivity index (χ0v) is 41.9. The zero-order valence-electron chi connectivity index (χ0n) is 40.3. The first-order chi connectivity index (χ1) is 34.5. The summed E-state index contributed by atoms with van der Waals surface area (Å²) in [5.74, 6) is -10.1. The second kappa shape index (κ2) is 30.3. The first-order valence-electron chi connectivity index (χ1n) is 22.9. The Kier molecular flexibility index (Phi) is 24.8. The van der Waals surface area contributed by atoms with Crippen LogP contribution in [0.1, 0.15) is 56.6 Å². The molecule has 18 N–H and O–H groups in total. The molecule has 26 nitrogen and oxygen atoms in total. The minimum atomic E-state index is -1.79. The van der Waals surface area contributed by atoms with Gasteiger partial charge < -0.3 is 75.9 Å². The standard InChI is InChI=1S/C45H64N14O12S2/c1-24(38(65)54-28(9-6-17-51-45(49)50)39(66)52-22-36(48)63)59(2)44(71)33-23-73-72-18-16-37(64)53-30(20-26-10-12-27(60)13-11-26)41(68)56-31(19-25-7-4-3-5-8-25)42(69)55-29(14-15-34(46)61)40(67)57-32(21-35(47)62)43(70)58-33/h3-5,7-8,10-13,24,28-33,60H,6,9,14-23H2,1-2H3,(H2,46,61)(H2,47,62)(H2,48,63)(H,52,66)(H,53,64)(H,54,65)(H,55,69)(H,56,68)(H,57,67)(H,58,70)(H4,49,50,51)/t24-,28-,29-,30-,31+,32+,33+/m1/s1. The molecule has 1 aliphatic heterocycles. The largest absolute Gasteiger partial charge is 0.508 e. The van der Waals surface area contributed by atoms with Crippen LogP contribution in [0.4, 0.5) is 0 Å². The molecule has 1 saturated heterocycles. The molecule has 28 heteroatoms. The lowest BCUT2D eigenvalue weighted by atomic mass is 10.0. The third-order valence-corrected chi connectivity index (χ3v) is 13.4. The van der Waals surface area contributed by atoms with Gasteiger partial charge in [0.05, 0.1) is 13.0 Å². The highest BCUT2D eigenvalue weighted by Gasteiger charge is 2.36. The minimum Gasteiger partial charge on any atom is -0.508 e. The molecule has 2 aromatic carbocycles. The Morgan fingerprint density at radius 3 is 1.90 bits per heavy atom. The first kappa shape index (κ1) is 59.7. The molecule has 0 radical (unpaired) electrons. The molecule has 3 rings (SSSR count). The van der Waals surface area contributed by atoms with E-state index in [9.17, 15) is 57.8 Å². The number of aliphatic imine (C=N–C) groups is 1. The van der Waals surface area contributed by atoms with E-state index in [1.54, 1.807) is 42.5 Å². The molecule has 0 aliphatic carbocycles. The molecule has 0 bridgehead atoms. The lowest BCUT2D eigenvalue weighted by Crippen LogP contribution is -2.61. The zero-order chi connectivity index (χ0) is 54.2. The van der Waals surface area contributed by atoms with E-state index < -0.39 is 133 Å². The number of carbonyl (C=O) groups excluding carboxylic acids is 11. The topological polar surface area (TPSA) is 438 Å². The molecule has 1 aliphatic rings. The van der Waals surface area contributed by atoms with Crippen LogP contribution in [-0.4, -0.2) is 155 Å². The molecule has 7 atom stereocenters. The number of hydrogen-bond acceptors (Lipinski definition) is 15. The van der Waals surface area contributed by atoms with E-state index in [0.29, 0.717) is 11.1 Å². The number of likely N-dealkylation sites (N-methyl/N-ethyl adjacent to an activating group) is 1. The van der Waals surface area contributed by atoms with Gasteiger partial charge in [-0.25, -0.2) is 0 Å². The van der Waals surface area contributed by atoms with Crippen LogP contribution >= 0.6 is 21.6 Å². The number of carbonyl (C=O) groups is 11. The van der Waals surface area contributed by atoms with E-state index in [0.717, 1.165) is 26.5 Å². The van der Waals surface area contributed by atoms with Crippen LogP contribution < -0.4 is 65.9 Å². The molecule has 398 valence electrons. The Hall–Kier alpha value is -7.62. The number of nitrogens with one attached hydrogen (secondary N) is 7. The van der Waals surface area contributed by atoms with Crippen molar-refractivity contribution in [1.29, 1.82) is 0 Å². The van der Waals surface area contributed by atoms with Crippen molar-refractivity contribution in [3.63, 3.8) is 0 Å². The van der Waals surface area contributed by atoms with Crippen LogP contribution in [0.3, 0.4) is 0 Å². The summed E-state index contributed by atoms with van der Waals surface area (Å²) in [4.78, 5) is 152. The van der Waals surface area contributed by atoms with Gasteiger partial charge in [0, 0.05) is 50.8 Å². The van der Waals surface area contributed by atoms with Crippen molar-refractivity contribution in [1.82, 2.24) is 42.1 Å². The van der Waals surface area contributed by atoms with Crippen LogP contribution in [0.15, 0.2) is 59.6 Å². The van der Waals surface area contributed by atoms with E-state index in [4.69, 9.17) is 28.7 Å². The molecular weight excluding hydrogens is 993 g/mol. The number of phenols is 1. The maximum atomic E-state index is 14.3. The number of hydrogen-bond donors (Lipinski definition) is 13. The Morgan fingerprint density at radius 2 is 1.30 bits per heavy atom. The van der Waals surface area contributed by atoms with Gasteiger partial charge in [0.2, 0.25) is 65.0 Å². The van der Waals surface area contributed by atoms with Gasteiger partial charge in [0.25, 0.3) is 0 Å². The maximum Gasteiger partial charge on any atom is 0.246 e. The monoisotopic (exact) mass is 1060 g/mol. The summed E-state index contributed by atoms with van der Waals surface area (Å²) in [7, 11) is 3.37. The predicted octanol–water partition coefficient (Wildman–Crippen LogP) is -4.49. The Balaban J connectivity index is 2.02. The van der Waals surface area contributed by atoms with Crippen LogP contribution in [-0.2, 0) is 65.6 Å². The molecule has 2 aromatic rings. The molecule has 0 unspecified atom stereocenters. The van der Waals surface area contributed by atoms with Crippen LogP contribution in [0.25, 0.3) is 0 Å². The predicted molar refractivity (Wildman–Crippen MR) is 270 cm³/mol. The van der Waals surface area contributed by atoms with Gasteiger partial charge in [0.1, 0.15) is 48.0 Å². The highest BCUT2D eigenvalue weighted by Crippen LogP contribution is 2.24. The van der Waals surface area contributed by atoms with E-state index in [-0.39, 0.29) is 61.9 Å². The van der Waals surface area contributed by atoms with Gasteiger partial charge in [-0.15, -0.1) is 0 Å². The average molecular weight is 1060 g/mol. The van der Waals surface area contributed by atoms with E-state index in [1.807, 2.05) is 0 Å². The summed E-state index contributed by atoms with van der Waals surface area (Å²) >= 11 is 0. The Morgan fingerprint density at radius 1 is 0.726 bits per heavy atom. The SMILES string of the molecule is C[C@H](C(=O)N[C@H](CCCN=C(N)N)C(=O)NCC(N)=O)N(C)C(=O)[C@@H]1CSSCCC(=O)N[C@H](Cc2ccc(O)cc2)C(=O)N[C@@H](Cc2ccccc2)C(=O)N[C@H](CCC(N)=O)C(=O)N[C@@H](CC(N)=O)C(=O)N1. The highest BCUT2D eigenvalue weighted by atomic mass is 33.1. The van der Waals surface area contributed by atoms with Gasteiger partial charge in [-0.1, -0.05) is 64.1 Å². The quantitative estimate of drug-likeness (QED) is 0.0257. The number of primary amides is 3. The van der Waals surface area contributed by atoms with Crippen molar-refractivity contribution in [3.05, 3.63) is 65.7 Å². The molecule has 73 heavy (non-hydrogen) atoms. The average Bonchev–Trinajstić information content (AvgIpc) is 3.33. The second-order valence-electron chi connectivity index (χ2n) is 16.8. The number of nitrogens with zero attached hydrogens (tertiary/aromatic N) is 2. The van der Waals surface area contributed by atoms with Crippen molar-refractivity contribution in [2.45, 2.75) is 101 Å². The van der Waals surface area contributed by atoms with E-state index >= 15 is 0 Å². The summed E-state index contributed by atoms with van der Waals surface area (Å²) in [6.07, 6.45) is -1.88. The number of nitrogens with two attached hydrogens (primary N) is 5. The molecule has 1 fully saturated rings. The van der Waals surface area contributed by atoms with E-state index in [2.05, 4.69) is 42.2 Å². The summed E-state index contributed by atoms with van der Waals surface area (Å²) in [6, 6.07) is 4.20. The number of phenolic OH excluding ortho intramolecular Hbond substituents is 1. The lowest BCUT2D eigenvalue weighted by Gasteiger charge is -2.31. The van der Waals surface area contributed by atoms with E-state index in [1.165, 1.54) is 26.1 Å². The van der Waals surface area contributed by atoms with Crippen molar-refractivity contribution in [2.75, 3.05) is 31.6 Å². The molecular formula is C45H64N14O12S2. The number of guanidine groups is 1. The van der Waals surface area contributed by atoms with Crippen molar-refractivity contribution >= 4 is 92.5 Å². The third-order valence-electron chi connectivity index (χ3n) is 11.0. The molecule has 0 saturated carbocycles. The maximum absolute atomic E-state index is 14.3. The highest BCUT2D eigenvalue weighted by molar-refractivity contribution is 8.76. The Bertz CT molecular complexity index is 2320. The second-order valence-corrected chi connectivity index (χ2v) is 19.4. The fraction of sp³-hybridized carbons (Fsp3) is 0.467. The van der Waals surface area contributed by atoms with Gasteiger partial charge in [-0.3, -0.25) is 57.7 Å². The summed E-state index contributed by atoms with van der Waals surface area (Å²) in [5, 5.41) is 27.5. The fourth-order valence-corrected chi connectivity index (χ4v) is 9.06. The van der Waals surface area contributed by atoms with Crippen LogP contribution in [0.2, 0.25) is 0 Å². The smallest absolute Gasteiger partial charge is 0.246 e. The molecule has 0 spiro atoms. The number of aromatic hydroxyl groups is 1. The van der Waals surface area contributed by atoms with Gasteiger partial charge >= 0.3 is 0 Å². The van der Waals surface area contributed by atoms with Crippen LogP contribution in [0.5, 0.6) is 5.75 Å². The minimum absolute atomic E-state index is 0.0113. The summed E-state index contributed by atoms with van der Waals surface area (Å²) in [6.45, 7) is 0.874. The molecule has 11 amide bonds. The molecule has 0 aromatic heterocycles.